The number of rotatable bonds is 0. The summed E-state index contributed by atoms with van der Waals surface area (Å²) in [6, 6.07) is 0. The Morgan fingerprint density at radius 3 is 2.50 bits per heavy atom. The quantitative estimate of drug-likeness (QED) is 0.488. The van der Waals surface area contributed by atoms with Crippen LogP contribution in [0.4, 0.5) is 0 Å². The number of fused-ring (bicyclic) bond motifs is 3. The topological polar surface area (TPSA) is 9.23 Å². The van der Waals surface area contributed by atoms with Crippen molar-refractivity contribution in [3.63, 3.8) is 0 Å². The van der Waals surface area contributed by atoms with E-state index >= 15 is 0 Å². The van der Waals surface area contributed by atoms with E-state index in [1.807, 2.05) is 0 Å². The van der Waals surface area contributed by atoms with Gasteiger partial charge in [-0.25, -0.2) is 0 Å². The van der Waals surface area contributed by atoms with Crippen molar-refractivity contribution in [2.45, 2.75) is 24.2 Å². The van der Waals surface area contributed by atoms with Crippen molar-refractivity contribution in [3.05, 3.63) is 0 Å². The van der Waals surface area contributed by atoms with Gasteiger partial charge in [0.15, 0.2) is 0 Å². The molecule has 3 aliphatic heterocycles. The number of ether oxygens (including phenoxy) is 1. The molecule has 0 amide bonds. The van der Waals surface area contributed by atoms with Crippen LogP contribution in [0, 0.1) is 0 Å². The van der Waals surface area contributed by atoms with E-state index in [1.54, 1.807) is 0 Å². The molecule has 0 aromatic heterocycles. The molecule has 0 aromatic rings. The van der Waals surface area contributed by atoms with Crippen molar-refractivity contribution in [2.75, 3.05) is 12.4 Å². The van der Waals surface area contributed by atoms with E-state index < -0.39 is 0 Å². The molecule has 2 unspecified atom stereocenters. The molecule has 2 bridgehead atoms. The molecule has 0 saturated carbocycles. The van der Waals surface area contributed by atoms with Crippen LogP contribution in [0.1, 0.15) is 12.8 Å². The molecule has 0 aromatic carbocycles. The van der Waals surface area contributed by atoms with E-state index in [0.29, 0.717) is 6.10 Å². The Balaban J connectivity index is 2.03. The average Bonchev–Trinajstić information content (AvgIpc) is 1.92. The van der Waals surface area contributed by atoms with Crippen LogP contribution < -0.4 is 0 Å². The smallest absolute Gasteiger partial charge is 0.0666 e. The fourth-order valence-corrected chi connectivity index (χ4v) is 2.52. The van der Waals surface area contributed by atoms with Gasteiger partial charge in [-0.2, -0.15) is 11.8 Å². The summed E-state index contributed by atoms with van der Waals surface area (Å²) >= 11 is 2.09. The summed E-state index contributed by atoms with van der Waals surface area (Å²) in [4.78, 5) is 0. The molecule has 3 heterocycles. The van der Waals surface area contributed by atoms with Crippen LogP contribution in [-0.4, -0.2) is 23.7 Å². The van der Waals surface area contributed by atoms with Gasteiger partial charge in [-0.3, -0.25) is 0 Å². The second-order valence-corrected chi connectivity index (χ2v) is 3.82. The maximum Gasteiger partial charge on any atom is 0.0666 e. The van der Waals surface area contributed by atoms with Crippen molar-refractivity contribution in [1.82, 2.24) is 0 Å². The number of hydrogen-bond acceptors (Lipinski definition) is 2. The molecule has 0 radical (unpaired) electrons. The fraction of sp³-hybridized carbons (Fsp3) is 1.00. The first kappa shape index (κ1) is 5.12. The molecule has 8 heavy (non-hydrogen) atoms. The zero-order valence-electron chi connectivity index (χ0n) is 4.80. The minimum atomic E-state index is 0.616. The van der Waals surface area contributed by atoms with Crippen molar-refractivity contribution in [3.8, 4) is 0 Å². The van der Waals surface area contributed by atoms with Gasteiger partial charge in [0.25, 0.3) is 0 Å². The summed E-state index contributed by atoms with van der Waals surface area (Å²) in [6.45, 7) is 1.02. The highest BCUT2D eigenvalue weighted by molar-refractivity contribution is 8.00. The van der Waals surface area contributed by atoms with Crippen molar-refractivity contribution in [1.29, 1.82) is 0 Å². The van der Waals surface area contributed by atoms with Gasteiger partial charge in [-0.1, -0.05) is 0 Å². The molecule has 2 atom stereocenters. The first-order valence-corrected chi connectivity index (χ1v) is 4.23. The standard InChI is InChI=1S/C6H10OS/c1-2-6-3-7-5(1)4-8-6/h5-6H,1-4H2. The molecule has 0 spiro atoms. The lowest BCUT2D eigenvalue weighted by Crippen LogP contribution is -2.35. The summed E-state index contributed by atoms with van der Waals surface area (Å²) < 4.78 is 5.46. The zero-order chi connectivity index (χ0) is 5.40. The van der Waals surface area contributed by atoms with Crippen LogP contribution >= 0.6 is 11.8 Å². The van der Waals surface area contributed by atoms with Gasteiger partial charge < -0.3 is 4.74 Å². The van der Waals surface area contributed by atoms with Gasteiger partial charge in [0.2, 0.25) is 0 Å². The van der Waals surface area contributed by atoms with Gasteiger partial charge in [0.1, 0.15) is 0 Å². The Kier molecular flexibility index (Phi) is 1.23. The Morgan fingerprint density at radius 1 is 1.38 bits per heavy atom. The summed E-state index contributed by atoms with van der Waals surface area (Å²) in [5.74, 6) is 1.25. The maximum atomic E-state index is 5.46. The van der Waals surface area contributed by atoms with Crippen LogP contribution in [0.2, 0.25) is 0 Å². The monoisotopic (exact) mass is 130 g/mol. The van der Waals surface area contributed by atoms with Crippen LogP contribution in [0.5, 0.6) is 0 Å². The molecule has 0 aliphatic carbocycles. The largest absolute Gasteiger partial charge is 0.376 e. The highest BCUT2D eigenvalue weighted by atomic mass is 32.2. The number of thioether (sulfide) groups is 1. The van der Waals surface area contributed by atoms with Crippen LogP contribution in [-0.2, 0) is 4.74 Å². The Labute approximate surface area is 53.8 Å². The van der Waals surface area contributed by atoms with E-state index in [1.165, 1.54) is 18.6 Å². The minimum absolute atomic E-state index is 0.616. The fourth-order valence-electron chi connectivity index (χ4n) is 1.29. The summed E-state index contributed by atoms with van der Waals surface area (Å²) in [6.07, 6.45) is 3.33. The van der Waals surface area contributed by atoms with Crippen molar-refractivity contribution in [2.24, 2.45) is 0 Å². The third-order valence-corrected chi connectivity index (χ3v) is 3.25. The highest BCUT2D eigenvalue weighted by Gasteiger charge is 2.28. The first-order chi connectivity index (χ1) is 3.95. The molecule has 3 fully saturated rings. The third-order valence-electron chi connectivity index (χ3n) is 1.85. The Bertz CT molecular complexity index is 63.5. The van der Waals surface area contributed by atoms with Crippen molar-refractivity contribution < 1.29 is 4.74 Å². The number of hydrogen-bond donors (Lipinski definition) is 0. The molecular weight excluding hydrogens is 120 g/mol. The molecule has 2 heteroatoms. The molecule has 0 N–H and O–H groups in total. The Morgan fingerprint density at radius 2 is 2.38 bits per heavy atom. The Hall–Kier alpha value is 0.310. The predicted molar refractivity (Wildman–Crippen MR) is 35.2 cm³/mol. The van der Waals surface area contributed by atoms with Crippen LogP contribution in [0.15, 0.2) is 0 Å². The average molecular weight is 130 g/mol. The normalized spacial score (nSPS) is 45.0. The predicted octanol–water partition coefficient (Wildman–Crippen LogP) is 1.28. The third kappa shape index (κ3) is 0.759. The van der Waals surface area contributed by atoms with Crippen molar-refractivity contribution >= 4 is 11.8 Å². The minimum Gasteiger partial charge on any atom is -0.376 e. The van der Waals surface area contributed by atoms with Crippen LogP contribution in [0.25, 0.3) is 0 Å². The molecule has 3 aliphatic rings. The summed E-state index contributed by atoms with van der Waals surface area (Å²) in [7, 11) is 0. The van der Waals surface area contributed by atoms with Gasteiger partial charge in [0.05, 0.1) is 12.7 Å². The van der Waals surface area contributed by atoms with Gasteiger partial charge in [-0.05, 0) is 12.8 Å². The molecular formula is C6H10OS. The second kappa shape index (κ2) is 1.92. The SMILES string of the molecule is C1CC2COC1CS2. The molecule has 3 rings (SSSR count). The van der Waals surface area contributed by atoms with Gasteiger partial charge >= 0.3 is 0 Å². The second-order valence-electron chi connectivity index (χ2n) is 2.49. The van der Waals surface area contributed by atoms with Crippen LogP contribution in [0.3, 0.4) is 0 Å². The maximum absolute atomic E-state index is 5.46. The molecule has 46 valence electrons. The lowest BCUT2D eigenvalue weighted by Gasteiger charge is -2.35. The lowest BCUT2D eigenvalue weighted by atomic mass is 10.1. The van der Waals surface area contributed by atoms with E-state index in [4.69, 9.17) is 4.74 Å². The molecule has 3 saturated heterocycles. The van der Waals surface area contributed by atoms with E-state index in [0.717, 1.165) is 11.9 Å². The van der Waals surface area contributed by atoms with E-state index in [9.17, 15) is 0 Å². The van der Waals surface area contributed by atoms with E-state index in [2.05, 4.69) is 11.8 Å². The highest BCUT2D eigenvalue weighted by Crippen LogP contribution is 2.32. The zero-order valence-corrected chi connectivity index (χ0v) is 5.62. The van der Waals surface area contributed by atoms with Gasteiger partial charge in [0, 0.05) is 11.0 Å². The summed E-state index contributed by atoms with van der Waals surface area (Å²) in [5.41, 5.74) is 0. The molecule has 1 nitrogen and oxygen atoms in total. The van der Waals surface area contributed by atoms with Gasteiger partial charge in [-0.15, -0.1) is 0 Å². The summed E-state index contributed by atoms with van der Waals surface area (Å²) in [5, 5.41) is 0.847. The van der Waals surface area contributed by atoms with E-state index in [-0.39, 0.29) is 0 Å². The lowest BCUT2D eigenvalue weighted by molar-refractivity contribution is 0.0266. The first-order valence-electron chi connectivity index (χ1n) is 3.18.